The van der Waals surface area contributed by atoms with E-state index in [1.807, 2.05) is 12.1 Å². The summed E-state index contributed by atoms with van der Waals surface area (Å²) in [4.78, 5) is 3.99. The zero-order valence-corrected chi connectivity index (χ0v) is 12.0. The van der Waals surface area contributed by atoms with Crippen LogP contribution >= 0.6 is 0 Å². The highest BCUT2D eigenvalue weighted by Crippen LogP contribution is 2.13. The van der Waals surface area contributed by atoms with Gasteiger partial charge in [0.15, 0.2) is 6.33 Å². The Morgan fingerprint density at radius 3 is 2.70 bits per heavy atom. The van der Waals surface area contributed by atoms with Crippen LogP contribution in [0.25, 0.3) is 0 Å². The molecule has 108 valence electrons. The molecule has 0 radical (unpaired) electrons. The van der Waals surface area contributed by atoms with Crippen LogP contribution < -0.4 is 10.1 Å². The Kier molecular flexibility index (Phi) is 5.55. The molecule has 0 saturated heterocycles. The van der Waals surface area contributed by atoms with E-state index in [2.05, 4.69) is 34.5 Å². The molecule has 2 aromatic rings. The fourth-order valence-corrected chi connectivity index (χ4v) is 2.01. The molecule has 0 aliphatic heterocycles. The predicted molar refractivity (Wildman–Crippen MR) is 76.8 cm³/mol. The Morgan fingerprint density at radius 1 is 1.25 bits per heavy atom. The summed E-state index contributed by atoms with van der Waals surface area (Å²) in [6.07, 6.45) is 4.35. The summed E-state index contributed by atoms with van der Waals surface area (Å²) < 4.78 is 10.1. The van der Waals surface area contributed by atoms with Crippen molar-refractivity contribution in [2.75, 3.05) is 13.7 Å². The lowest BCUT2D eigenvalue weighted by Crippen LogP contribution is -2.28. The van der Waals surface area contributed by atoms with Crippen LogP contribution in [0.4, 0.5) is 0 Å². The Bertz CT molecular complexity index is 482. The van der Waals surface area contributed by atoms with Crippen LogP contribution in [0.15, 0.2) is 35.1 Å². The van der Waals surface area contributed by atoms with Gasteiger partial charge in [-0.2, -0.15) is 4.98 Å². The summed E-state index contributed by atoms with van der Waals surface area (Å²) in [6.45, 7) is 3.04. The lowest BCUT2D eigenvalue weighted by atomic mass is 10.1. The van der Waals surface area contributed by atoms with Gasteiger partial charge in [0, 0.05) is 19.0 Å². The second-order valence-electron chi connectivity index (χ2n) is 4.83. The number of aromatic nitrogens is 2. The molecule has 0 saturated carbocycles. The van der Waals surface area contributed by atoms with Crippen LogP contribution in [0, 0.1) is 0 Å². The van der Waals surface area contributed by atoms with Crippen LogP contribution in [0.5, 0.6) is 5.75 Å². The van der Waals surface area contributed by atoms with Gasteiger partial charge < -0.3 is 14.6 Å². The van der Waals surface area contributed by atoms with E-state index in [0.717, 1.165) is 31.6 Å². The Morgan fingerprint density at radius 2 is 2.05 bits per heavy atom. The van der Waals surface area contributed by atoms with Crippen LogP contribution in [0.1, 0.15) is 24.8 Å². The minimum Gasteiger partial charge on any atom is -0.497 e. The number of hydrogen-bond acceptors (Lipinski definition) is 5. The fourth-order valence-electron chi connectivity index (χ4n) is 2.01. The number of rotatable bonds is 8. The maximum Gasteiger partial charge on any atom is 0.227 e. The topological polar surface area (TPSA) is 60.2 Å². The molecule has 0 fully saturated rings. The van der Waals surface area contributed by atoms with Crippen molar-refractivity contribution in [3.63, 3.8) is 0 Å². The van der Waals surface area contributed by atoms with Gasteiger partial charge in [0.2, 0.25) is 5.89 Å². The Hall–Kier alpha value is -1.88. The van der Waals surface area contributed by atoms with Crippen molar-refractivity contribution in [2.24, 2.45) is 0 Å². The molecule has 1 unspecified atom stereocenters. The number of nitrogens with one attached hydrogen (secondary N) is 1. The molecule has 5 heteroatoms. The average Bonchev–Trinajstić information content (AvgIpc) is 2.99. The van der Waals surface area contributed by atoms with E-state index in [1.165, 1.54) is 11.9 Å². The number of ether oxygens (including phenoxy) is 1. The normalized spacial score (nSPS) is 12.3. The first-order valence-electron chi connectivity index (χ1n) is 6.90. The molecule has 1 heterocycles. The second kappa shape index (κ2) is 7.65. The maximum atomic E-state index is 5.15. The van der Waals surface area contributed by atoms with E-state index in [-0.39, 0.29) is 0 Å². The van der Waals surface area contributed by atoms with Gasteiger partial charge in [0.05, 0.1) is 7.11 Å². The molecule has 2 rings (SSSR count). The predicted octanol–water partition coefficient (Wildman–Crippen LogP) is 2.23. The molecule has 0 amide bonds. The van der Waals surface area contributed by atoms with Crippen molar-refractivity contribution in [1.82, 2.24) is 15.5 Å². The Balaban J connectivity index is 1.65. The first-order chi connectivity index (χ1) is 9.78. The van der Waals surface area contributed by atoms with Gasteiger partial charge in [-0.05, 0) is 37.5 Å². The van der Waals surface area contributed by atoms with Crippen molar-refractivity contribution < 1.29 is 9.26 Å². The Labute approximate surface area is 119 Å². The van der Waals surface area contributed by atoms with Gasteiger partial charge in [-0.25, -0.2) is 0 Å². The maximum absolute atomic E-state index is 5.15. The quantitative estimate of drug-likeness (QED) is 0.800. The molecule has 1 N–H and O–H groups in total. The van der Waals surface area contributed by atoms with Gasteiger partial charge in [0.1, 0.15) is 5.75 Å². The van der Waals surface area contributed by atoms with Gasteiger partial charge in [-0.1, -0.05) is 17.3 Å². The van der Waals surface area contributed by atoms with E-state index >= 15 is 0 Å². The minimum atomic E-state index is 0.458. The van der Waals surface area contributed by atoms with Crippen LogP contribution in [0.3, 0.4) is 0 Å². The number of nitrogens with zero attached hydrogens (tertiary/aromatic N) is 2. The van der Waals surface area contributed by atoms with Gasteiger partial charge in [0.25, 0.3) is 0 Å². The molecule has 0 aliphatic rings. The van der Waals surface area contributed by atoms with Crippen molar-refractivity contribution >= 4 is 0 Å². The molecule has 5 nitrogen and oxygen atoms in total. The fraction of sp³-hybridized carbons (Fsp3) is 0.467. The monoisotopic (exact) mass is 275 g/mol. The lowest BCUT2D eigenvalue weighted by molar-refractivity contribution is 0.371. The lowest BCUT2D eigenvalue weighted by Gasteiger charge is -2.13. The van der Waals surface area contributed by atoms with Crippen LogP contribution in [-0.4, -0.2) is 29.8 Å². The SMILES string of the molecule is COc1ccc(CCC(C)NCCc2ncno2)cc1. The summed E-state index contributed by atoms with van der Waals surface area (Å²) >= 11 is 0. The molecule has 1 aromatic carbocycles. The molecule has 0 spiro atoms. The summed E-state index contributed by atoms with van der Waals surface area (Å²) in [5, 5.41) is 7.05. The van der Waals surface area contributed by atoms with Crippen molar-refractivity contribution in [2.45, 2.75) is 32.2 Å². The highest BCUT2D eigenvalue weighted by atomic mass is 16.5. The minimum absolute atomic E-state index is 0.458. The summed E-state index contributed by atoms with van der Waals surface area (Å²) in [5.74, 6) is 1.58. The van der Waals surface area contributed by atoms with Crippen LogP contribution in [-0.2, 0) is 12.8 Å². The van der Waals surface area contributed by atoms with E-state index in [4.69, 9.17) is 9.26 Å². The van der Waals surface area contributed by atoms with Crippen LogP contribution in [0.2, 0.25) is 0 Å². The molecule has 1 atom stereocenters. The molecule has 1 aromatic heterocycles. The van der Waals surface area contributed by atoms with Crippen molar-refractivity contribution in [3.05, 3.63) is 42.0 Å². The second-order valence-corrected chi connectivity index (χ2v) is 4.83. The highest BCUT2D eigenvalue weighted by molar-refractivity contribution is 5.27. The summed E-state index contributed by atoms with van der Waals surface area (Å²) in [7, 11) is 1.68. The zero-order chi connectivity index (χ0) is 14.2. The first-order valence-corrected chi connectivity index (χ1v) is 6.90. The summed E-state index contributed by atoms with van der Waals surface area (Å²) in [5.41, 5.74) is 1.33. The van der Waals surface area contributed by atoms with Gasteiger partial charge >= 0.3 is 0 Å². The van der Waals surface area contributed by atoms with Gasteiger partial charge in [-0.15, -0.1) is 0 Å². The number of methoxy groups -OCH3 is 1. The van der Waals surface area contributed by atoms with E-state index < -0.39 is 0 Å². The molecule has 20 heavy (non-hydrogen) atoms. The standard InChI is InChI=1S/C15H21N3O2/c1-12(16-10-9-15-17-11-18-20-15)3-4-13-5-7-14(19-2)8-6-13/h5-8,11-12,16H,3-4,9-10H2,1-2H3. The third kappa shape index (κ3) is 4.66. The average molecular weight is 275 g/mol. The number of aryl methyl sites for hydroxylation is 1. The summed E-state index contributed by atoms with van der Waals surface area (Å²) in [6, 6.07) is 8.69. The number of benzene rings is 1. The largest absolute Gasteiger partial charge is 0.497 e. The zero-order valence-electron chi connectivity index (χ0n) is 12.0. The third-order valence-electron chi connectivity index (χ3n) is 3.26. The highest BCUT2D eigenvalue weighted by Gasteiger charge is 2.04. The first kappa shape index (κ1) is 14.5. The number of hydrogen-bond donors (Lipinski definition) is 1. The molecule has 0 bridgehead atoms. The van der Waals surface area contributed by atoms with Gasteiger partial charge in [-0.3, -0.25) is 0 Å². The molecular weight excluding hydrogens is 254 g/mol. The van der Waals surface area contributed by atoms with E-state index in [9.17, 15) is 0 Å². The smallest absolute Gasteiger partial charge is 0.227 e. The van der Waals surface area contributed by atoms with E-state index in [1.54, 1.807) is 7.11 Å². The van der Waals surface area contributed by atoms with E-state index in [0.29, 0.717) is 11.9 Å². The van der Waals surface area contributed by atoms with Crippen molar-refractivity contribution in [1.29, 1.82) is 0 Å². The third-order valence-corrected chi connectivity index (χ3v) is 3.26. The molecule has 0 aliphatic carbocycles. The molecular formula is C15H21N3O2. The van der Waals surface area contributed by atoms with Crippen molar-refractivity contribution in [3.8, 4) is 5.75 Å².